The van der Waals surface area contributed by atoms with Gasteiger partial charge in [-0.05, 0) is 48.5 Å². The van der Waals surface area contributed by atoms with Crippen molar-refractivity contribution >= 4 is 27.6 Å². The lowest BCUT2D eigenvalue weighted by atomic mass is 10.2. The molecule has 0 radical (unpaired) electrons. The highest BCUT2D eigenvalue weighted by Crippen LogP contribution is 2.28. The van der Waals surface area contributed by atoms with Gasteiger partial charge < -0.3 is 9.88 Å². The highest BCUT2D eigenvalue weighted by Gasteiger charge is 2.14. The van der Waals surface area contributed by atoms with Crippen molar-refractivity contribution in [3.8, 4) is 11.5 Å². The summed E-state index contributed by atoms with van der Waals surface area (Å²) in [4.78, 5) is 14.6. The molecule has 0 unspecified atom stereocenters. The molecule has 0 saturated heterocycles. The molecule has 3 aromatic heterocycles. The Balaban J connectivity index is 1.42. The number of hydrogen-bond donors (Lipinski definition) is 2. The fraction of sp³-hybridized carbons (Fsp3) is 0.136. The van der Waals surface area contributed by atoms with Crippen molar-refractivity contribution in [2.45, 2.75) is 6.42 Å². The Hall–Kier alpha value is -3.74. The summed E-state index contributed by atoms with van der Waals surface area (Å²) >= 11 is 0. The molecule has 0 aliphatic rings. The summed E-state index contributed by atoms with van der Waals surface area (Å²) in [6.45, 7) is 0.860. The lowest BCUT2D eigenvalue weighted by Gasteiger charge is -2.19. The van der Waals surface area contributed by atoms with Gasteiger partial charge in [0.1, 0.15) is 11.5 Å². The van der Waals surface area contributed by atoms with Crippen molar-refractivity contribution in [1.82, 2.24) is 25.1 Å². The van der Waals surface area contributed by atoms with E-state index in [-0.39, 0.29) is 5.82 Å². The summed E-state index contributed by atoms with van der Waals surface area (Å²) < 4.78 is 13.4. The molecule has 144 valence electrons. The van der Waals surface area contributed by atoms with E-state index in [9.17, 15) is 4.39 Å². The molecule has 7 heteroatoms. The number of aromatic nitrogens is 5. The third kappa shape index (κ3) is 3.31. The minimum absolute atomic E-state index is 0.296. The molecule has 0 bridgehead atoms. The molecule has 0 spiro atoms. The summed E-state index contributed by atoms with van der Waals surface area (Å²) in [6, 6.07) is 16.7. The minimum atomic E-state index is -0.296. The Bertz CT molecular complexity index is 1290. The van der Waals surface area contributed by atoms with Crippen LogP contribution in [0.2, 0.25) is 0 Å². The first-order valence-corrected chi connectivity index (χ1v) is 9.42. The highest BCUT2D eigenvalue weighted by molar-refractivity contribution is 5.93. The topological polar surface area (TPSA) is 73.5 Å². The first kappa shape index (κ1) is 17.4. The molecular formula is C22H19FN6. The van der Waals surface area contributed by atoms with Crippen LogP contribution in [-0.2, 0) is 6.42 Å². The predicted octanol–water partition coefficient (Wildman–Crippen LogP) is 4.32. The molecule has 3 heterocycles. The Labute approximate surface area is 166 Å². The second-order valence-corrected chi connectivity index (χ2v) is 7.04. The second kappa shape index (κ2) is 7.01. The van der Waals surface area contributed by atoms with Crippen LogP contribution < -0.4 is 4.90 Å². The fourth-order valence-electron chi connectivity index (χ4n) is 3.48. The van der Waals surface area contributed by atoms with Crippen molar-refractivity contribution < 1.29 is 4.39 Å². The van der Waals surface area contributed by atoms with E-state index >= 15 is 0 Å². The lowest BCUT2D eigenvalue weighted by molar-refractivity contribution is 0.629. The number of likely N-dealkylation sites (N-methyl/N-ethyl adjacent to an activating group) is 1. The highest BCUT2D eigenvalue weighted by atomic mass is 19.1. The number of H-pyrrole nitrogens is 2. The normalized spacial score (nSPS) is 11.4. The zero-order chi connectivity index (χ0) is 19.8. The van der Waals surface area contributed by atoms with Crippen LogP contribution in [0.1, 0.15) is 5.69 Å². The molecule has 2 N–H and O–H groups in total. The molecule has 0 aliphatic carbocycles. The van der Waals surface area contributed by atoms with Gasteiger partial charge in [-0.3, -0.25) is 10.1 Å². The van der Waals surface area contributed by atoms with Crippen LogP contribution in [-0.4, -0.2) is 38.7 Å². The van der Waals surface area contributed by atoms with E-state index in [1.165, 1.54) is 12.1 Å². The third-order valence-corrected chi connectivity index (χ3v) is 5.08. The quantitative estimate of drug-likeness (QED) is 0.472. The molecule has 0 aliphatic heterocycles. The van der Waals surface area contributed by atoms with Crippen molar-refractivity contribution in [2.24, 2.45) is 0 Å². The standard InChI is InChI=1S/C22H19FN6/c1-29(11-9-15-4-2-3-10-24-15)16-6-8-18-20(13-16)26-22(25-18)21-17-7-5-14(23)12-19(17)27-28-21/h2-8,10,12-13H,9,11H2,1H3,(H,25,26)(H,27,28). The number of benzene rings is 2. The SMILES string of the molecule is CN(CCc1ccccn1)c1ccc2nc(-c3n[nH]c4cc(F)ccc34)[nH]c2c1. The first-order valence-electron chi connectivity index (χ1n) is 9.42. The average molecular weight is 386 g/mol. The molecule has 0 atom stereocenters. The van der Waals surface area contributed by atoms with E-state index < -0.39 is 0 Å². The Morgan fingerprint density at radius 3 is 2.83 bits per heavy atom. The number of aromatic amines is 2. The monoisotopic (exact) mass is 386 g/mol. The molecule has 5 aromatic rings. The molecule has 2 aromatic carbocycles. The summed E-state index contributed by atoms with van der Waals surface area (Å²) in [5.74, 6) is 0.363. The molecule has 0 fully saturated rings. The summed E-state index contributed by atoms with van der Waals surface area (Å²) in [7, 11) is 2.07. The fourth-order valence-corrected chi connectivity index (χ4v) is 3.48. The molecule has 5 rings (SSSR count). The van der Waals surface area contributed by atoms with Gasteiger partial charge >= 0.3 is 0 Å². The number of anilines is 1. The Morgan fingerprint density at radius 2 is 1.97 bits per heavy atom. The van der Waals surface area contributed by atoms with Crippen molar-refractivity contribution in [3.63, 3.8) is 0 Å². The van der Waals surface area contributed by atoms with Gasteiger partial charge in [-0.2, -0.15) is 5.10 Å². The van der Waals surface area contributed by atoms with Crippen LogP contribution >= 0.6 is 0 Å². The third-order valence-electron chi connectivity index (χ3n) is 5.08. The van der Waals surface area contributed by atoms with Crippen LogP contribution in [0.4, 0.5) is 10.1 Å². The lowest BCUT2D eigenvalue weighted by Crippen LogP contribution is -2.20. The van der Waals surface area contributed by atoms with Gasteiger partial charge in [-0.1, -0.05) is 6.07 Å². The van der Waals surface area contributed by atoms with Crippen molar-refractivity contribution in [1.29, 1.82) is 0 Å². The molecule has 0 saturated carbocycles. The summed E-state index contributed by atoms with van der Waals surface area (Å²) in [6.07, 6.45) is 2.69. The number of nitrogens with one attached hydrogen (secondary N) is 2. The van der Waals surface area contributed by atoms with Gasteiger partial charge in [-0.25, -0.2) is 9.37 Å². The number of pyridine rings is 1. The number of rotatable bonds is 5. The second-order valence-electron chi connectivity index (χ2n) is 7.04. The van der Waals surface area contributed by atoms with Gasteiger partial charge in [-0.15, -0.1) is 0 Å². The number of imidazole rings is 1. The van der Waals surface area contributed by atoms with Gasteiger partial charge in [0, 0.05) is 43.0 Å². The Morgan fingerprint density at radius 1 is 1.03 bits per heavy atom. The predicted molar refractivity (Wildman–Crippen MR) is 112 cm³/mol. The van der Waals surface area contributed by atoms with E-state index in [0.717, 1.165) is 40.8 Å². The molecule has 29 heavy (non-hydrogen) atoms. The maximum atomic E-state index is 13.4. The molecule has 0 amide bonds. The maximum Gasteiger partial charge on any atom is 0.159 e. The van der Waals surface area contributed by atoms with Crippen LogP contribution in [0.15, 0.2) is 60.8 Å². The molecular weight excluding hydrogens is 367 g/mol. The van der Waals surface area contributed by atoms with E-state index in [1.807, 2.05) is 30.5 Å². The maximum absolute atomic E-state index is 13.4. The molecule has 6 nitrogen and oxygen atoms in total. The first-order chi connectivity index (χ1) is 14.2. The summed E-state index contributed by atoms with van der Waals surface area (Å²) in [5, 5.41) is 8.02. The van der Waals surface area contributed by atoms with Gasteiger partial charge in [0.15, 0.2) is 5.82 Å². The van der Waals surface area contributed by atoms with E-state index in [4.69, 9.17) is 0 Å². The number of halogens is 1. The van der Waals surface area contributed by atoms with Crippen LogP contribution in [0.3, 0.4) is 0 Å². The summed E-state index contributed by atoms with van der Waals surface area (Å²) in [5.41, 5.74) is 5.29. The van der Waals surface area contributed by atoms with Crippen LogP contribution in [0, 0.1) is 5.82 Å². The van der Waals surface area contributed by atoms with Gasteiger partial charge in [0.05, 0.1) is 16.6 Å². The zero-order valence-electron chi connectivity index (χ0n) is 15.9. The van der Waals surface area contributed by atoms with Crippen LogP contribution in [0.5, 0.6) is 0 Å². The van der Waals surface area contributed by atoms with E-state index in [0.29, 0.717) is 17.0 Å². The smallest absolute Gasteiger partial charge is 0.159 e. The minimum Gasteiger partial charge on any atom is -0.374 e. The zero-order valence-corrected chi connectivity index (χ0v) is 15.9. The van der Waals surface area contributed by atoms with Gasteiger partial charge in [0.2, 0.25) is 0 Å². The number of nitrogens with zero attached hydrogens (tertiary/aromatic N) is 4. The van der Waals surface area contributed by atoms with Crippen molar-refractivity contribution in [3.05, 3.63) is 72.3 Å². The number of fused-ring (bicyclic) bond motifs is 2. The average Bonchev–Trinajstić information content (AvgIpc) is 3.35. The van der Waals surface area contributed by atoms with Crippen molar-refractivity contribution in [2.75, 3.05) is 18.5 Å². The largest absolute Gasteiger partial charge is 0.374 e. The Kier molecular flexibility index (Phi) is 4.20. The van der Waals surface area contributed by atoms with E-state index in [2.05, 4.69) is 49.2 Å². The van der Waals surface area contributed by atoms with Crippen LogP contribution in [0.25, 0.3) is 33.5 Å². The number of hydrogen-bond acceptors (Lipinski definition) is 4. The van der Waals surface area contributed by atoms with Gasteiger partial charge in [0.25, 0.3) is 0 Å². The van der Waals surface area contributed by atoms with E-state index in [1.54, 1.807) is 6.07 Å².